The van der Waals surface area contributed by atoms with E-state index in [9.17, 15) is 18.3 Å². The molecule has 3 heterocycles. The van der Waals surface area contributed by atoms with E-state index in [1.807, 2.05) is 0 Å². The molecule has 1 atom stereocenters. The summed E-state index contributed by atoms with van der Waals surface area (Å²) in [6.45, 7) is 0.666. The molecule has 1 aromatic heterocycles. The predicted octanol–water partition coefficient (Wildman–Crippen LogP) is 1.86. The first-order chi connectivity index (χ1) is 9.96. The lowest BCUT2D eigenvalue weighted by Gasteiger charge is -2.24. The van der Waals surface area contributed by atoms with Crippen LogP contribution in [0.15, 0.2) is 0 Å². The molecule has 8 heteroatoms. The molecule has 0 aromatic carbocycles. The number of aromatic carboxylic acids is 1. The van der Waals surface area contributed by atoms with E-state index in [1.165, 1.54) is 11.3 Å². The summed E-state index contributed by atoms with van der Waals surface area (Å²) in [5.74, 6) is -1.04. The van der Waals surface area contributed by atoms with Gasteiger partial charge in [0.15, 0.2) is 9.84 Å². The number of rotatable bonds is 3. The number of hydrogen-bond donors (Lipinski definition) is 2. The highest BCUT2D eigenvalue weighted by Gasteiger charge is 2.31. The molecule has 0 saturated carbocycles. The molecule has 2 N–H and O–H groups in total. The highest BCUT2D eigenvalue weighted by molar-refractivity contribution is 7.90. The second kappa shape index (κ2) is 5.58. The molecule has 0 radical (unpaired) electrons. The third-order valence-corrected chi connectivity index (χ3v) is 6.69. The zero-order valence-corrected chi connectivity index (χ0v) is 13.1. The van der Waals surface area contributed by atoms with Crippen LogP contribution in [0.3, 0.4) is 0 Å². The molecule has 0 spiro atoms. The Labute approximate surface area is 127 Å². The Bertz CT molecular complexity index is 658. The van der Waals surface area contributed by atoms with Crippen LogP contribution in [0.5, 0.6) is 0 Å². The van der Waals surface area contributed by atoms with Gasteiger partial charge in [-0.05, 0) is 31.2 Å². The van der Waals surface area contributed by atoms with Crippen molar-refractivity contribution in [2.24, 2.45) is 0 Å². The van der Waals surface area contributed by atoms with Crippen LogP contribution in [0.2, 0.25) is 0 Å². The second-order valence-electron chi connectivity index (χ2n) is 5.35. The molecule has 6 nitrogen and oxygen atoms in total. The van der Waals surface area contributed by atoms with Crippen LogP contribution < -0.4 is 5.32 Å². The number of thiophene rings is 1. The van der Waals surface area contributed by atoms with Crippen LogP contribution in [0.25, 0.3) is 0 Å². The van der Waals surface area contributed by atoms with Crippen LogP contribution >= 0.6 is 11.3 Å². The highest BCUT2D eigenvalue weighted by Crippen LogP contribution is 2.38. The number of carboxylic acid groups (broad SMARTS) is 1. The molecule has 1 aromatic rings. The van der Waals surface area contributed by atoms with Gasteiger partial charge in [0.2, 0.25) is 0 Å². The number of hydrogen-bond acceptors (Lipinski definition) is 6. The molecular weight excluding hydrogens is 314 g/mol. The van der Waals surface area contributed by atoms with E-state index in [0.717, 1.165) is 19.3 Å². The van der Waals surface area contributed by atoms with Crippen LogP contribution in [0, 0.1) is 0 Å². The van der Waals surface area contributed by atoms with Gasteiger partial charge in [-0.1, -0.05) is 0 Å². The Morgan fingerprint density at radius 3 is 2.86 bits per heavy atom. The van der Waals surface area contributed by atoms with Gasteiger partial charge < -0.3 is 15.2 Å². The fraction of sp³-hybridized carbons (Fsp3) is 0.615. The molecule has 0 amide bonds. The number of sulfone groups is 1. The van der Waals surface area contributed by atoms with Crippen molar-refractivity contribution < 1.29 is 23.1 Å². The fourth-order valence-electron chi connectivity index (χ4n) is 2.75. The van der Waals surface area contributed by atoms with Crippen molar-refractivity contribution in [3.63, 3.8) is 0 Å². The van der Waals surface area contributed by atoms with E-state index in [-0.39, 0.29) is 29.7 Å². The number of anilines is 1. The van der Waals surface area contributed by atoms with Gasteiger partial charge in [0.1, 0.15) is 11.2 Å². The Balaban J connectivity index is 1.92. The maximum absolute atomic E-state index is 11.7. The minimum atomic E-state index is -3.10. The third-order valence-electron chi connectivity index (χ3n) is 3.79. The molecule has 0 aliphatic carbocycles. The van der Waals surface area contributed by atoms with Crippen LogP contribution in [0.4, 0.5) is 5.00 Å². The minimum Gasteiger partial charge on any atom is -0.478 e. The van der Waals surface area contributed by atoms with Crippen molar-refractivity contribution in [3.8, 4) is 0 Å². The van der Waals surface area contributed by atoms with E-state index in [0.29, 0.717) is 22.0 Å². The summed E-state index contributed by atoms with van der Waals surface area (Å²) < 4.78 is 29.0. The monoisotopic (exact) mass is 331 g/mol. The van der Waals surface area contributed by atoms with E-state index >= 15 is 0 Å². The zero-order chi connectivity index (χ0) is 15.0. The number of fused-ring (bicyclic) bond motifs is 1. The SMILES string of the molecule is O=C(O)c1c(NC2CCCCO2)sc2c1CCS(=O)(=O)C2. The van der Waals surface area contributed by atoms with Crippen LogP contribution in [-0.2, 0) is 26.7 Å². The Kier molecular flexibility index (Phi) is 3.94. The van der Waals surface area contributed by atoms with Gasteiger partial charge in [-0.25, -0.2) is 13.2 Å². The number of carboxylic acids is 1. The molecule has 2 aliphatic rings. The average molecular weight is 331 g/mol. The maximum Gasteiger partial charge on any atom is 0.338 e. The van der Waals surface area contributed by atoms with Gasteiger partial charge in [-0.15, -0.1) is 11.3 Å². The van der Waals surface area contributed by atoms with Crippen LogP contribution in [-0.4, -0.2) is 38.1 Å². The quantitative estimate of drug-likeness (QED) is 0.878. The number of nitrogens with one attached hydrogen (secondary N) is 1. The normalized spacial score (nSPS) is 24.3. The van der Waals surface area contributed by atoms with E-state index in [1.54, 1.807) is 0 Å². The smallest absolute Gasteiger partial charge is 0.338 e. The first-order valence-corrected chi connectivity index (χ1v) is 9.56. The molecule has 21 heavy (non-hydrogen) atoms. The number of ether oxygens (including phenoxy) is 1. The van der Waals surface area contributed by atoms with E-state index in [4.69, 9.17) is 4.74 Å². The summed E-state index contributed by atoms with van der Waals surface area (Å²) in [5.41, 5.74) is 0.889. The highest BCUT2D eigenvalue weighted by atomic mass is 32.2. The minimum absolute atomic E-state index is 0.0242. The van der Waals surface area contributed by atoms with Crippen molar-refractivity contribution in [1.82, 2.24) is 0 Å². The molecular formula is C13H17NO5S2. The van der Waals surface area contributed by atoms with Crippen molar-refractivity contribution in [3.05, 3.63) is 16.0 Å². The van der Waals surface area contributed by atoms with Crippen molar-refractivity contribution in [1.29, 1.82) is 0 Å². The summed E-state index contributed by atoms with van der Waals surface area (Å²) in [5, 5.41) is 13.1. The van der Waals surface area contributed by atoms with E-state index in [2.05, 4.69) is 5.32 Å². The van der Waals surface area contributed by atoms with Crippen molar-refractivity contribution in [2.45, 2.75) is 37.7 Å². The molecule has 2 aliphatic heterocycles. The summed E-state index contributed by atoms with van der Waals surface area (Å²) >= 11 is 1.24. The molecule has 3 rings (SSSR count). The molecule has 116 valence electrons. The van der Waals surface area contributed by atoms with Gasteiger partial charge in [-0.2, -0.15) is 0 Å². The van der Waals surface area contributed by atoms with Gasteiger partial charge in [0.25, 0.3) is 0 Å². The lowest BCUT2D eigenvalue weighted by molar-refractivity contribution is 0.0344. The molecule has 0 bridgehead atoms. The fourth-order valence-corrected chi connectivity index (χ4v) is 5.84. The molecule has 1 unspecified atom stereocenters. The van der Waals surface area contributed by atoms with Crippen LogP contribution in [0.1, 0.15) is 40.1 Å². The number of carbonyl (C=O) groups is 1. The van der Waals surface area contributed by atoms with Gasteiger partial charge >= 0.3 is 5.97 Å². The first kappa shape index (κ1) is 14.8. The van der Waals surface area contributed by atoms with Crippen molar-refractivity contribution in [2.75, 3.05) is 17.7 Å². The summed E-state index contributed by atoms with van der Waals surface area (Å²) in [6.07, 6.45) is 2.99. The molecule has 1 saturated heterocycles. The third kappa shape index (κ3) is 3.07. The lowest BCUT2D eigenvalue weighted by Crippen LogP contribution is -2.27. The summed E-state index contributed by atoms with van der Waals surface area (Å²) in [7, 11) is -3.10. The molecule has 1 fully saturated rings. The predicted molar refractivity (Wildman–Crippen MR) is 79.7 cm³/mol. The Morgan fingerprint density at radius 2 is 2.19 bits per heavy atom. The van der Waals surface area contributed by atoms with Gasteiger partial charge in [0, 0.05) is 11.5 Å². The van der Waals surface area contributed by atoms with Gasteiger partial charge in [0.05, 0.1) is 17.1 Å². The summed E-state index contributed by atoms with van der Waals surface area (Å²) in [6, 6.07) is 0. The zero-order valence-electron chi connectivity index (χ0n) is 11.4. The topological polar surface area (TPSA) is 92.7 Å². The average Bonchev–Trinajstić information content (AvgIpc) is 2.75. The van der Waals surface area contributed by atoms with E-state index < -0.39 is 15.8 Å². The van der Waals surface area contributed by atoms with Gasteiger partial charge in [-0.3, -0.25) is 0 Å². The Hall–Kier alpha value is -1.12. The first-order valence-electron chi connectivity index (χ1n) is 6.93. The van der Waals surface area contributed by atoms with Crippen molar-refractivity contribution >= 4 is 32.1 Å². The maximum atomic E-state index is 11.7. The Morgan fingerprint density at radius 1 is 1.38 bits per heavy atom. The summed E-state index contributed by atoms with van der Waals surface area (Å²) in [4.78, 5) is 12.2. The standard InChI is InChI=1S/C13H17NO5S2/c15-13(16)11-8-4-6-21(17,18)7-9(8)20-12(11)14-10-3-1-2-5-19-10/h10,14H,1-7H2,(H,15,16). The lowest BCUT2D eigenvalue weighted by atomic mass is 10.1. The largest absolute Gasteiger partial charge is 0.478 e. The second-order valence-corrected chi connectivity index (χ2v) is 8.64.